The van der Waals surface area contributed by atoms with Crippen molar-refractivity contribution in [3.63, 3.8) is 0 Å². The van der Waals surface area contributed by atoms with Gasteiger partial charge in [0, 0.05) is 18.7 Å². The minimum absolute atomic E-state index is 0.0723. The molecule has 2 amide bonds. The van der Waals surface area contributed by atoms with Crippen LogP contribution in [0.5, 0.6) is 0 Å². The monoisotopic (exact) mass is 292 g/mol. The molecule has 0 atom stereocenters. The van der Waals surface area contributed by atoms with Crippen LogP contribution in [-0.4, -0.2) is 47.1 Å². The second-order valence-electron chi connectivity index (χ2n) is 5.72. The number of hydrogen-bond donors (Lipinski definition) is 2. The number of carbonyl (C=O) groups is 2. The molecule has 0 unspecified atom stereocenters. The van der Waals surface area contributed by atoms with E-state index in [2.05, 4.69) is 5.32 Å². The molecular formula is C16H24N2O3. The average Bonchev–Trinajstić information content (AvgIpc) is 2.41. The fourth-order valence-electron chi connectivity index (χ4n) is 2.03. The predicted octanol–water partition coefficient (Wildman–Crippen LogP) is 1.34. The Balaban J connectivity index is 2.60. The van der Waals surface area contributed by atoms with Crippen molar-refractivity contribution in [3.05, 3.63) is 35.4 Å². The molecule has 0 aromatic heterocycles. The lowest BCUT2D eigenvalue weighted by atomic mass is 10.1. The maximum absolute atomic E-state index is 12.1. The zero-order chi connectivity index (χ0) is 16.0. The van der Waals surface area contributed by atoms with Crippen molar-refractivity contribution in [3.8, 4) is 0 Å². The minimum Gasteiger partial charge on any atom is -0.389 e. The Labute approximate surface area is 126 Å². The molecule has 5 heteroatoms. The minimum atomic E-state index is -0.953. The number of benzene rings is 1. The number of carbonyl (C=O) groups excluding carboxylic acids is 2. The molecule has 1 rings (SSSR count). The van der Waals surface area contributed by atoms with Crippen molar-refractivity contribution in [2.45, 2.75) is 33.3 Å². The smallest absolute Gasteiger partial charge is 0.251 e. The van der Waals surface area contributed by atoms with Gasteiger partial charge in [0.05, 0.1) is 12.1 Å². The summed E-state index contributed by atoms with van der Waals surface area (Å²) in [7, 11) is 0. The fraction of sp³-hybridized carbons (Fsp3) is 0.500. The molecule has 2 N–H and O–H groups in total. The SMILES string of the molecule is CCN(CC(C)(C)O)C(=O)CNC(=O)c1ccccc1C. The number of aliphatic hydroxyl groups is 1. The van der Waals surface area contributed by atoms with Crippen LogP contribution in [0.4, 0.5) is 0 Å². The second-order valence-corrected chi connectivity index (χ2v) is 5.72. The standard InChI is InChI=1S/C16H24N2O3/c1-5-18(11-16(3,4)21)14(19)10-17-15(20)13-9-7-6-8-12(13)2/h6-9,21H,5,10-11H2,1-4H3,(H,17,20). The lowest BCUT2D eigenvalue weighted by molar-refractivity contribution is -0.132. The van der Waals surface area contributed by atoms with Gasteiger partial charge in [-0.3, -0.25) is 9.59 Å². The number of rotatable bonds is 6. The lowest BCUT2D eigenvalue weighted by Crippen LogP contribution is -2.46. The average molecular weight is 292 g/mol. The molecule has 5 nitrogen and oxygen atoms in total. The number of hydrogen-bond acceptors (Lipinski definition) is 3. The van der Waals surface area contributed by atoms with E-state index in [0.717, 1.165) is 5.56 Å². The van der Waals surface area contributed by atoms with E-state index in [9.17, 15) is 14.7 Å². The van der Waals surface area contributed by atoms with Crippen LogP contribution in [0, 0.1) is 6.92 Å². The van der Waals surface area contributed by atoms with Gasteiger partial charge in [-0.25, -0.2) is 0 Å². The first kappa shape index (κ1) is 17.2. The number of aryl methyl sites for hydroxylation is 1. The van der Waals surface area contributed by atoms with Crippen molar-refractivity contribution < 1.29 is 14.7 Å². The van der Waals surface area contributed by atoms with Gasteiger partial charge in [0.15, 0.2) is 0 Å². The van der Waals surface area contributed by atoms with Crippen LogP contribution < -0.4 is 5.32 Å². The van der Waals surface area contributed by atoms with Crippen molar-refractivity contribution in [1.82, 2.24) is 10.2 Å². The maximum Gasteiger partial charge on any atom is 0.251 e. The van der Waals surface area contributed by atoms with Gasteiger partial charge in [-0.15, -0.1) is 0 Å². The molecule has 0 aliphatic rings. The topological polar surface area (TPSA) is 69.6 Å². The summed E-state index contributed by atoms with van der Waals surface area (Å²) in [6, 6.07) is 7.22. The van der Waals surface area contributed by atoms with Crippen molar-refractivity contribution in [2.24, 2.45) is 0 Å². The molecule has 0 bridgehead atoms. The van der Waals surface area contributed by atoms with Crippen LogP contribution >= 0.6 is 0 Å². The van der Waals surface area contributed by atoms with E-state index in [1.54, 1.807) is 26.0 Å². The highest BCUT2D eigenvalue weighted by Crippen LogP contribution is 2.07. The lowest BCUT2D eigenvalue weighted by Gasteiger charge is -2.28. The van der Waals surface area contributed by atoms with Gasteiger partial charge in [-0.2, -0.15) is 0 Å². The Morgan fingerprint density at radius 3 is 2.43 bits per heavy atom. The van der Waals surface area contributed by atoms with Gasteiger partial charge >= 0.3 is 0 Å². The molecule has 116 valence electrons. The van der Waals surface area contributed by atoms with Crippen LogP contribution in [0.25, 0.3) is 0 Å². The third-order valence-corrected chi connectivity index (χ3v) is 3.10. The van der Waals surface area contributed by atoms with E-state index >= 15 is 0 Å². The van der Waals surface area contributed by atoms with E-state index in [0.29, 0.717) is 12.1 Å². The first-order valence-electron chi connectivity index (χ1n) is 7.08. The Morgan fingerprint density at radius 2 is 1.90 bits per heavy atom. The van der Waals surface area contributed by atoms with E-state index in [1.807, 2.05) is 26.0 Å². The number of nitrogens with zero attached hydrogens (tertiary/aromatic N) is 1. The highest BCUT2D eigenvalue weighted by molar-refractivity contribution is 5.97. The first-order valence-corrected chi connectivity index (χ1v) is 7.08. The summed E-state index contributed by atoms with van der Waals surface area (Å²) in [5.74, 6) is -0.470. The van der Waals surface area contributed by atoms with Crippen LogP contribution in [0.15, 0.2) is 24.3 Å². The molecule has 1 aromatic carbocycles. The normalized spacial score (nSPS) is 11.1. The molecule has 0 fully saturated rings. The van der Waals surface area contributed by atoms with Crippen molar-refractivity contribution >= 4 is 11.8 Å². The Kier molecular flexibility index (Phi) is 5.90. The summed E-state index contributed by atoms with van der Waals surface area (Å²) in [6.07, 6.45) is 0. The largest absolute Gasteiger partial charge is 0.389 e. The van der Waals surface area contributed by atoms with Gasteiger partial charge in [0.25, 0.3) is 5.91 Å². The summed E-state index contributed by atoms with van der Waals surface area (Å²) >= 11 is 0. The quantitative estimate of drug-likeness (QED) is 0.831. The summed E-state index contributed by atoms with van der Waals surface area (Å²) in [5, 5.41) is 12.4. The molecular weight excluding hydrogens is 268 g/mol. The van der Waals surface area contributed by atoms with Crippen LogP contribution in [0.3, 0.4) is 0 Å². The Hall–Kier alpha value is -1.88. The summed E-state index contributed by atoms with van der Waals surface area (Å²) in [6.45, 7) is 7.64. The van der Waals surface area contributed by atoms with Crippen molar-refractivity contribution in [1.29, 1.82) is 0 Å². The zero-order valence-corrected chi connectivity index (χ0v) is 13.1. The summed E-state index contributed by atoms with van der Waals surface area (Å²) < 4.78 is 0. The highest BCUT2D eigenvalue weighted by atomic mass is 16.3. The molecule has 0 aliphatic heterocycles. The van der Waals surface area contributed by atoms with Crippen LogP contribution in [0.2, 0.25) is 0 Å². The summed E-state index contributed by atoms with van der Waals surface area (Å²) in [5.41, 5.74) is 0.480. The van der Waals surface area contributed by atoms with Crippen molar-refractivity contribution in [2.75, 3.05) is 19.6 Å². The van der Waals surface area contributed by atoms with Gasteiger partial charge in [-0.1, -0.05) is 18.2 Å². The molecule has 1 aromatic rings. The van der Waals surface area contributed by atoms with E-state index < -0.39 is 5.60 Å². The summed E-state index contributed by atoms with van der Waals surface area (Å²) in [4.78, 5) is 25.6. The second kappa shape index (κ2) is 7.22. The van der Waals surface area contributed by atoms with Gasteiger partial charge in [0.1, 0.15) is 0 Å². The Bertz CT molecular complexity index is 506. The fourth-order valence-corrected chi connectivity index (χ4v) is 2.03. The van der Waals surface area contributed by atoms with E-state index in [1.165, 1.54) is 4.90 Å². The van der Waals surface area contributed by atoms with E-state index in [4.69, 9.17) is 0 Å². The molecule has 21 heavy (non-hydrogen) atoms. The van der Waals surface area contributed by atoms with E-state index in [-0.39, 0.29) is 24.9 Å². The molecule has 0 saturated heterocycles. The molecule has 0 heterocycles. The molecule has 0 aliphatic carbocycles. The molecule has 0 radical (unpaired) electrons. The van der Waals surface area contributed by atoms with Gasteiger partial charge in [0.2, 0.25) is 5.91 Å². The van der Waals surface area contributed by atoms with Gasteiger partial charge in [-0.05, 0) is 39.3 Å². The third kappa shape index (κ3) is 5.55. The maximum atomic E-state index is 12.1. The zero-order valence-electron chi connectivity index (χ0n) is 13.1. The number of nitrogens with one attached hydrogen (secondary N) is 1. The molecule has 0 spiro atoms. The predicted molar refractivity (Wildman–Crippen MR) is 82.1 cm³/mol. The Morgan fingerprint density at radius 1 is 1.29 bits per heavy atom. The molecule has 0 saturated carbocycles. The highest BCUT2D eigenvalue weighted by Gasteiger charge is 2.21. The van der Waals surface area contributed by atoms with Gasteiger partial charge < -0.3 is 15.3 Å². The van der Waals surface area contributed by atoms with Crippen LogP contribution in [0.1, 0.15) is 36.7 Å². The first-order chi connectivity index (χ1) is 9.74. The number of likely N-dealkylation sites (N-methyl/N-ethyl adjacent to an activating group) is 1. The number of amides is 2. The van der Waals surface area contributed by atoms with Crippen LogP contribution in [-0.2, 0) is 4.79 Å². The third-order valence-electron chi connectivity index (χ3n) is 3.10.